The van der Waals surface area contributed by atoms with E-state index in [0.717, 1.165) is 24.4 Å². The van der Waals surface area contributed by atoms with Crippen molar-refractivity contribution in [1.29, 1.82) is 0 Å². The Hall–Kier alpha value is -1.65. The highest BCUT2D eigenvalue weighted by Crippen LogP contribution is 2.20. The third-order valence-electron chi connectivity index (χ3n) is 4.09. The number of carbonyl (C=O) groups excluding carboxylic acids is 1. The molecule has 0 aliphatic carbocycles. The Morgan fingerprint density at radius 1 is 1.29 bits per heavy atom. The number of amides is 1. The summed E-state index contributed by atoms with van der Waals surface area (Å²) >= 11 is 1.48. The molecule has 2 aromatic rings. The Kier molecular flexibility index (Phi) is 4.36. The molecule has 0 fully saturated rings. The standard InChI is InChI=1S/C17H20N2OS/c1-13(11-18-17(20)16-7-4-10-21-16)19-9-8-14-5-2-3-6-15(14)12-19/h2-7,10,13H,8-9,11-12H2,1H3,(H,18,20)/t13-/m1/s1. The Morgan fingerprint density at radius 2 is 2.10 bits per heavy atom. The fourth-order valence-corrected chi connectivity index (χ4v) is 3.40. The summed E-state index contributed by atoms with van der Waals surface area (Å²) in [6.07, 6.45) is 1.10. The van der Waals surface area contributed by atoms with Crippen molar-refractivity contribution in [3.05, 3.63) is 57.8 Å². The largest absolute Gasteiger partial charge is 0.350 e. The van der Waals surface area contributed by atoms with Crippen LogP contribution in [0.25, 0.3) is 0 Å². The molecule has 0 radical (unpaired) electrons. The molecule has 1 atom stereocenters. The zero-order valence-electron chi connectivity index (χ0n) is 12.2. The molecule has 1 aromatic carbocycles. The normalized spacial score (nSPS) is 16.2. The van der Waals surface area contributed by atoms with Crippen LogP contribution in [0.1, 0.15) is 27.7 Å². The zero-order chi connectivity index (χ0) is 14.7. The molecule has 0 unspecified atom stereocenters. The Bertz CT molecular complexity index is 609. The van der Waals surface area contributed by atoms with Crippen LogP contribution in [0.5, 0.6) is 0 Å². The van der Waals surface area contributed by atoms with E-state index in [9.17, 15) is 4.79 Å². The molecule has 110 valence electrons. The summed E-state index contributed by atoms with van der Waals surface area (Å²) in [5.41, 5.74) is 2.88. The average molecular weight is 300 g/mol. The van der Waals surface area contributed by atoms with Gasteiger partial charge >= 0.3 is 0 Å². The van der Waals surface area contributed by atoms with E-state index in [2.05, 4.69) is 41.4 Å². The zero-order valence-corrected chi connectivity index (χ0v) is 13.0. The molecule has 3 nitrogen and oxygen atoms in total. The topological polar surface area (TPSA) is 32.3 Å². The van der Waals surface area contributed by atoms with E-state index < -0.39 is 0 Å². The number of fused-ring (bicyclic) bond motifs is 1. The van der Waals surface area contributed by atoms with Gasteiger partial charge in [0.05, 0.1) is 4.88 Å². The van der Waals surface area contributed by atoms with E-state index >= 15 is 0 Å². The Morgan fingerprint density at radius 3 is 2.86 bits per heavy atom. The molecule has 1 aromatic heterocycles. The van der Waals surface area contributed by atoms with E-state index in [1.54, 1.807) is 0 Å². The van der Waals surface area contributed by atoms with Crippen LogP contribution in [0.4, 0.5) is 0 Å². The van der Waals surface area contributed by atoms with Gasteiger partial charge in [0, 0.05) is 25.7 Å². The van der Waals surface area contributed by atoms with E-state index in [4.69, 9.17) is 0 Å². The molecule has 0 saturated heterocycles. The molecule has 21 heavy (non-hydrogen) atoms. The number of nitrogens with zero attached hydrogens (tertiary/aromatic N) is 1. The minimum Gasteiger partial charge on any atom is -0.350 e. The first-order valence-electron chi connectivity index (χ1n) is 7.36. The molecular weight excluding hydrogens is 280 g/mol. The van der Waals surface area contributed by atoms with Crippen LogP contribution in [0.2, 0.25) is 0 Å². The summed E-state index contributed by atoms with van der Waals surface area (Å²) in [6.45, 7) is 4.92. The number of thiophene rings is 1. The minimum absolute atomic E-state index is 0.0364. The van der Waals surface area contributed by atoms with Crippen molar-refractivity contribution >= 4 is 17.2 Å². The van der Waals surface area contributed by atoms with Crippen molar-refractivity contribution in [2.24, 2.45) is 0 Å². The highest BCUT2D eigenvalue weighted by atomic mass is 32.1. The summed E-state index contributed by atoms with van der Waals surface area (Å²) in [7, 11) is 0. The van der Waals surface area contributed by atoms with Crippen LogP contribution in [0, 0.1) is 0 Å². The molecule has 1 N–H and O–H groups in total. The predicted molar refractivity (Wildman–Crippen MR) is 86.7 cm³/mol. The van der Waals surface area contributed by atoms with Gasteiger partial charge in [-0.25, -0.2) is 0 Å². The molecule has 0 bridgehead atoms. The summed E-state index contributed by atoms with van der Waals surface area (Å²) in [5, 5.41) is 4.97. The first kappa shape index (κ1) is 14.3. The van der Waals surface area contributed by atoms with Crippen LogP contribution >= 0.6 is 11.3 Å². The van der Waals surface area contributed by atoms with Crippen molar-refractivity contribution in [3.63, 3.8) is 0 Å². The van der Waals surface area contributed by atoms with E-state index in [0.29, 0.717) is 12.6 Å². The first-order valence-corrected chi connectivity index (χ1v) is 8.24. The number of rotatable bonds is 4. The lowest BCUT2D eigenvalue weighted by Crippen LogP contribution is -2.44. The van der Waals surface area contributed by atoms with Crippen molar-refractivity contribution in [3.8, 4) is 0 Å². The maximum absolute atomic E-state index is 12.0. The van der Waals surface area contributed by atoms with Gasteiger partial charge in [-0.1, -0.05) is 30.3 Å². The summed E-state index contributed by atoms with van der Waals surface area (Å²) in [6, 6.07) is 12.8. The molecule has 3 rings (SSSR count). The second-order valence-corrected chi connectivity index (χ2v) is 6.47. The molecule has 2 heterocycles. The van der Waals surface area contributed by atoms with E-state index in [1.807, 2.05) is 17.5 Å². The van der Waals surface area contributed by atoms with Crippen LogP contribution in [0.15, 0.2) is 41.8 Å². The minimum atomic E-state index is 0.0364. The second kappa shape index (κ2) is 6.41. The Balaban J connectivity index is 1.55. The molecule has 1 aliphatic heterocycles. The van der Waals surface area contributed by atoms with E-state index in [-0.39, 0.29) is 5.91 Å². The quantitative estimate of drug-likeness (QED) is 0.941. The van der Waals surface area contributed by atoms with Gasteiger partial charge in [0.15, 0.2) is 0 Å². The highest BCUT2D eigenvalue weighted by molar-refractivity contribution is 7.12. The lowest BCUT2D eigenvalue weighted by atomic mass is 9.99. The van der Waals surface area contributed by atoms with E-state index in [1.165, 1.54) is 22.5 Å². The van der Waals surface area contributed by atoms with Gasteiger partial charge in [-0.15, -0.1) is 11.3 Å². The molecule has 0 saturated carbocycles. The van der Waals surface area contributed by atoms with Crippen LogP contribution in [-0.4, -0.2) is 29.9 Å². The fourth-order valence-electron chi connectivity index (χ4n) is 2.76. The number of nitrogens with one attached hydrogen (secondary N) is 1. The molecular formula is C17H20N2OS. The SMILES string of the molecule is C[C@H](CNC(=O)c1cccs1)N1CCc2ccccc2C1. The Labute approximate surface area is 129 Å². The average Bonchev–Trinajstić information content (AvgIpc) is 3.06. The summed E-state index contributed by atoms with van der Waals surface area (Å²) in [4.78, 5) is 15.2. The lowest BCUT2D eigenvalue weighted by Gasteiger charge is -2.33. The maximum atomic E-state index is 12.0. The van der Waals surface area contributed by atoms with Gasteiger partial charge in [0.2, 0.25) is 0 Å². The number of hydrogen-bond donors (Lipinski definition) is 1. The summed E-state index contributed by atoms with van der Waals surface area (Å²) < 4.78 is 0. The van der Waals surface area contributed by atoms with Gasteiger partial charge in [-0.2, -0.15) is 0 Å². The maximum Gasteiger partial charge on any atom is 0.261 e. The molecule has 1 aliphatic rings. The molecule has 1 amide bonds. The second-order valence-electron chi connectivity index (χ2n) is 5.53. The molecule has 0 spiro atoms. The van der Waals surface area contributed by atoms with Crippen LogP contribution in [-0.2, 0) is 13.0 Å². The van der Waals surface area contributed by atoms with Gasteiger partial charge in [0.1, 0.15) is 0 Å². The first-order chi connectivity index (χ1) is 10.2. The van der Waals surface area contributed by atoms with Crippen molar-refractivity contribution in [2.45, 2.75) is 25.9 Å². The van der Waals surface area contributed by atoms with Crippen molar-refractivity contribution in [2.75, 3.05) is 13.1 Å². The van der Waals surface area contributed by atoms with Gasteiger partial charge in [0.25, 0.3) is 5.91 Å². The number of carbonyl (C=O) groups is 1. The molecule has 4 heteroatoms. The third-order valence-corrected chi connectivity index (χ3v) is 4.96. The number of hydrogen-bond acceptors (Lipinski definition) is 3. The lowest BCUT2D eigenvalue weighted by molar-refractivity contribution is 0.0936. The summed E-state index contributed by atoms with van der Waals surface area (Å²) in [5.74, 6) is 0.0364. The monoisotopic (exact) mass is 300 g/mol. The van der Waals surface area contributed by atoms with Gasteiger partial charge in [-0.3, -0.25) is 9.69 Å². The number of benzene rings is 1. The van der Waals surface area contributed by atoms with Crippen molar-refractivity contribution < 1.29 is 4.79 Å². The van der Waals surface area contributed by atoms with Crippen molar-refractivity contribution in [1.82, 2.24) is 10.2 Å². The van der Waals surface area contributed by atoms with Crippen LogP contribution < -0.4 is 5.32 Å². The fraction of sp³-hybridized carbons (Fsp3) is 0.353. The van der Waals surface area contributed by atoms with Crippen LogP contribution in [0.3, 0.4) is 0 Å². The predicted octanol–water partition coefficient (Wildman–Crippen LogP) is 2.92. The van der Waals surface area contributed by atoms with Gasteiger partial charge in [-0.05, 0) is 35.9 Å². The smallest absolute Gasteiger partial charge is 0.261 e. The highest BCUT2D eigenvalue weighted by Gasteiger charge is 2.20. The third kappa shape index (κ3) is 3.34. The van der Waals surface area contributed by atoms with Gasteiger partial charge < -0.3 is 5.32 Å².